The number of halogens is 3. The van der Waals surface area contributed by atoms with Crippen LogP contribution in [-0.4, -0.2) is 96.5 Å². The summed E-state index contributed by atoms with van der Waals surface area (Å²) in [6.45, 7) is 6.53. The number of nitrogens with one attached hydrogen (secondary N) is 3. The van der Waals surface area contributed by atoms with Gasteiger partial charge in [0.05, 0.1) is 24.6 Å². The van der Waals surface area contributed by atoms with E-state index < -0.39 is 86.9 Å². The zero-order chi connectivity index (χ0) is 41.3. The van der Waals surface area contributed by atoms with Gasteiger partial charge in [0.1, 0.15) is 29.5 Å². The zero-order valence-electron chi connectivity index (χ0n) is 32.3. The third kappa shape index (κ3) is 9.58. The molecule has 57 heavy (non-hydrogen) atoms. The van der Waals surface area contributed by atoms with E-state index in [9.17, 15) is 40.8 Å². The number of rotatable bonds is 10. The van der Waals surface area contributed by atoms with Gasteiger partial charge in [-0.15, -0.1) is 0 Å². The largest absolute Gasteiger partial charge is 0.491 e. The third-order valence-corrected chi connectivity index (χ3v) is 12.9. The summed E-state index contributed by atoms with van der Waals surface area (Å²) < 4.78 is 84.8. The number of aromatic nitrogens is 1. The first kappa shape index (κ1) is 42.0. The third-order valence-electron chi connectivity index (χ3n) is 11.1. The van der Waals surface area contributed by atoms with Crippen molar-refractivity contribution >= 4 is 44.6 Å². The van der Waals surface area contributed by atoms with Gasteiger partial charge >= 0.3 is 12.3 Å². The molecule has 312 valence electrons. The van der Waals surface area contributed by atoms with Crippen molar-refractivity contribution in [2.75, 3.05) is 13.2 Å². The van der Waals surface area contributed by atoms with Crippen LogP contribution in [0.2, 0.25) is 0 Å². The number of hydrogen-bond acceptors (Lipinski definition) is 10. The molecule has 0 radical (unpaired) electrons. The van der Waals surface area contributed by atoms with Gasteiger partial charge in [-0.3, -0.25) is 19.1 Å². The van der Waals surface area contributed by atoms with E-state index >= 15 is 0 Å². The molecular weight excluding hydrogens is 772 g/mol. The number of ether oxygens (including phenoxy) is 3. The Morgan fingerprint density at radius 2 is 1.82 bits per heavy atom. The van der Waals surface area contributed by atoms with Crippen molar-refractivity contribution in [2.45, 2.75) is 120 Å². The van der Waals surface area contributed by atoms with Gasteiger partial charge in [0.25, 0.3) is 5.91 Å². The normalized spacial score (nSPS) is 29.4. The molecule has 3 heterocycles. The lowest BCUT2D eigenvalue weighted by molar-refractivity contribution is -0.197. The predicted molar refractivity (Wildman–Crippen MR) is 201 cm³/mol. The fourth-order valence-electron chi connectivity index (χ4n) is 7.61. The van der Waals surface area contributed by atoms with Gasteiger partial charge in [-0.05, 0) is 69.8 Å². The summed E-state index contributed by atoms with van der Waals surface area (Å²) in [5.41, 5.74) is -1.62. The Kier molecular flexibility index (Phi) is 12.3. The lowest BCUT2D eigenvalue weighted by Crippen LogP contribution is -2.59. The molecule has 4 amide bonds. The zero-order valence-corrected chi connectivity index (χ0v) is 33.2. The monoisotopic (exact) mass is 821 g/mol. The first-order valence-corrected chi connectivity index (χ1v) is 21.0. The van der Waals surface area contributed by atoms with Crippen molar-refractivity contribution in [3.05, 3.63) is 42.6 Å². The number of allylic oxidation sites excluding steroid dienone is 1. The molecule has 4 aliphatic rings. The maximum atomic E-state index is 14.7. The second kappa shape index (κ2) is 16.7. The van der Waals surface area contributed by atoms with Crippen LogP contribution < -0.4 is 24.8 Å². The van der Waals surface area contributed by atoms with Crippen molar-refractivity contribution < 1.29 is 55.0 Å². The molecule has 8 atom stereocenters. The van der Waals surface area contributed by atoms with Crippen LogP contribution in [0.25, 0.3) is 10.8 Å². The molecule has 2 aromatic rings. The minimum Gasteiger partial charge on any atom is -0.491 e. The van der Waals surface area contributed by atoms with Crippen molar-refractivity contribution in [2.24, 2.45) is 17.8 Å². The molecule has 0 bridgehead atoms. The Hall–Kier alpha value is -4.61. The second-order valence-corrected chi connectivity index (χ2v) is 17.7. The topological polar surface area (TPSA) is 182 Å². The first-order chi connectivity index (χ1) is 26.9. The lowest BCUT2D eigenvalue weighted by Gasteiger charge is -2.33. The van der Waals surface area contributed by atoms with Crippen LogP contribution in [0, 0.1) is 17.8 Å². The number of sulfonamides is 1. The number of carbonyl (C=O) groups is 4. The van der Waals surface area contributed by atoms with Crippen LogP contribution >= 0.6 is 0 Å². The highest BCUT2D eigenvalue weighted by Crippen LogP contribution is 2.46. The molecule has 1 aromatic heterocycles. The van der Waals surface area contributed by atoms with Gasteiger partial charge in [0, 0.05) is 23.1 Å². The number of nitrogens with zero attached hydrogens (tertiary/aromatic N) is 2. The van der Waals surface area contributed by atoms with E-state index in [0.717, 1.165) is 11.8 Å². The molecule has 14 nitrogen and oxygen atoms in total. The van der Waals surface area contributed by atoms with Gasteiger partial charge < -0.3 is 29.7 Å². The van der Waals surface area contributed by atoms with Crippen LogP contribution in [0.5, 0.6) is 11.6 Å². The smallest absolute Gasteiger partial charge is 0.425 e. The highest BCUT2D eigenvalue weighted by molar-refractivity contribution is 7.91. The molecule has 18 heteroatoms. The average molecular weight is 822 g/mol. The van der Waals surface area contributed by atoms with Crippen molar-refractivity contribution in [1.29, 1.82) is 0 Å². The van der Waals surface area contributed by atoms with Crippen molar-refractivity contribution in [1.82, 2.24) is 25.2 Å². The van der Waals surface area contributed by atoms with Crippen LogP contribution in [0.3, 0.4) is 0 Å². The van der Waals surface area contributed by atoms with E-state index in [2.05, 4.69) is 25.1 Å². The van der Waals surface area contributed by atoms with Crippen molar-refractivity contribution in [3.63, 3.8) is 0 Å². The maximum Gasteiger partial charge on any atom is 0.425 e. The van der Waals surface area contributed by atoms with E-state index in [0.29, 0.717) is 56.8 Å². The molecule has 0 spiro atoms. The van der Waals surface area contributed by atoms with Crippen LogP contribution in [0.15, 0.2) is 42.6 Å². The van der Waals surface area contributed by atoms with E-state index in [-0.39, 0.29) is 31.2 Å². The van der Waals surface area contributed by atoms with E-state index in [1.807, 2.05) is 32.1 Å². The fraction of sp³-hybridized carbons (Fsp3) is 0.615. The molecule has 1 saturated heterocycles. The van der Waals surface area contributed by atoms with Crippen LogP contribution in [0.1, 0.15) is 79.1 Å². The summed E-state index contributed by atoms with van der Waals surface area (Å²) in [4.78, 5) is 61.5. The summed E-state index contributed by atoms with van der Waals surface area (Å²) in [7, 11) is -3.97. The Labute approximate surface area is 329 Å². The van der Waals surface area contributed by atoms with Crippen molar-refractivity contribution in [3.8, 4) is 11.6 Å². The maximum absolute atomic E-state index is 14.7. The Balaban J connectivity index is 1.34. The van der Waals surface area contributed by atoms with Crippen LogP contribution in [0.4, 0.5) is 18.0 Å². The number of fused-ring (bicyclic) bond motifs is 3. The molecule has 1 aromatic carbocycles. The highest BCUT2D eigenvalue weighted by Gasteiger charge is 2.62. The molecule has 0 unspecified atom stereocenters. The lowest BCUT2D eigenvalue weighted by atomic mass is 9.88. The molecule has 6 rings (SSSR count). The number of alkyl carbamates (subject to hydrolysis) is 1. The number of alkyl halides is 3. The molecule has 3 N–H and O–H groups in total. The van der Waals surface area contributed by atoms with E-state index in [4.69, 9.17) is 9.47 Å². The first-order valence-electron chi connectivity index (χ1n) is 19.5. The summed E-state index contributed by atoms with van der Waals surface area (Å²) >= 11 is 0. The Morgan fingerprint density at radius 1 is 1.11 bits per heavy atom. The number of benzene rings is 1. The minimum atomic E-state index is -4.85. The van der Waals surface area contributed by atoms with E-state index in [1.165, 1.54) is 11.1 Å². The summed E-state index contributed by atoms with van der Waals surface area (Å²) in [5.74, 6) is -2.86. The van der Waals surface area contributed by atoms with Crippen LogP contribution in [-0.2, 0) is 29.1 Å². The SMILES string of the molecule is CCCOc1cnc(O[C@@H]2C[C@H]3C(=O)N[C@]4(C(=O)NS(=O)(=O)C5CC5)C[C@H]4/C=C\CC[C@@H](C)C[C@@H](C)[C@H](NC(=O)O[C@H](C)C(F)(F)F)C(=O)N3C2)c2ccccc12. The summed E-state index contributed by atoms with van der Waals surface area (Å²) in [6.07, 6.45) is -1.29. The standard InChI is InChI=1S/C39H50F3N5O9S/c1-5-16-54-31-20-43-34(29-13-9-8-12-28(29)31)56-26-18-30-33(48)45-38(36(50)46-57(52,53)27-14-15-27)19-25(38)11-7-6-10-22(2)17-23(3)32(35(49)47(30)21-26)44-37(51)55-24(4)39(40,41)42/h7-9,11-13,20,22-27,30,32H,5-6,10,14-19,21H2,1-4H3,(H,44,51)(H,45,48)(H,46,50)/b11-7-/t22-,23-,24-,25-,26-,30+,32+,38-/m1/s1. The van der Waals surface area contributed by atoms with Gasteiger partial charge in [0.2, 0.25) is 27.7 Å². The van der Waals surface area contributed by atoms with Gasteiger partial charge in [-0.25, -0.2) is 18.2 Å². The Morgan fingerprint density at radius 3 is 2.51 bits per heavy atom. The summed E-state index contributed by atoms with van der Waals surface area (Å²) in [6, 6.07) is 4.53. The quantitative estimate of drug-likeness (QED) is 0.279. The van der Waals surface area contributed by atoms with Gasteiger partial charge in [0.15, 0.2) is 6.10 Å². The second-order valence-electron chi connectivity index (χ2n) is 15.8. The molecule has 2 aliphatic carbocycles. The molecule has 2 saturated carbocycles. The summed E-state index contributed by atoms with van der Waals surface area (Å²) in [5, 5.41) is 5.78. The molecule has 2 aliphatic heterocycles. The number of hydrogen-bond donors (Lipinski definition) is 3. The number of amides is 4. The predicted octanol–water partition coefficient (Wildman–Crippen LogP) is 4.91. The fourth-order valence-corrected chi connectivity index (χ4v) is 8.97. The van der Waals surface area contributed by atoms with Gasteiger partial charge in [-0.1, -0.05) is 51.1 Å². The molecular formula is C39H50F3N5O9S. The molecule has 3 fully saturated rings. The highest BCUT2D eigenvalue weighted by atomic mass is 32.2. The number of pyridine rings is 1. The van der Waals surface area contributed by atoms with Gasteiger partial charge in [-0.2, -0.15) is 13.2 Å². The number of carbonyl (C=O) groups excluding carboxylic acids is 4. The minimum absolute atomic E-state index is 0.0261. The Bertz CT molecular complexity index is 1990. The van der Waals surface area contributed by atoms with E-state index in [1.54, 1.807) is 25.1 Å². The average Bonchev–Trinajstić information content (AvgIpc) is 4.08.